The number of likely N-dealkylation sites (tertiary alicyclic amines) is 1. The zero-order chi connectivity index (χ0) is 9.97. The summed E-state index contributed by atoms with van der Waals surface area (Å²) in [7, 11) is 0. The first-order chi connectivity index (χ1) is 6.83. The fraction of sp³-hybridized carbons (Fsp3) is 1.00. The summed E-state index contributed by atoms with van der Waals surface area (Å²) in [6.07, 6.45) is 8.38. The molecular formula is C12H24N2. The summed E-state index contributed by atoms with van der Waals surface area (Å²) in [5.74, 6) is 0.782. The third-order valence-corrected chi connectivity index (χ3v) is 4.20. The molecule has 1 aliphatic carbocycles. The Hall–Kier alpha value is -0.0800. The second-order valence-electron chi connectivity index (χ2n) is 5.08. The van der Waals surface area contributed by atoms with E-state index in [0.29, 0.717) is 0 Å². The van der Waals surface area contributed by atoms with Gasteiger partial charge in [0.1, 0.15) is 0 Å². The highest BCUT2D eigenvalue weighted by Crippen LogP contribution is 2.32. The van der Waals surface area contributed by atoms with Gasteiger partial charge in [-0.05, 0) is 51.6 Å². The third-order valence-electron chi connectivity index (χ3n) is 4.20. The Bertz CT molecular complexity index is 181. The van der Waals surface area contributed by atoms with Crippen LogP contribution >= 0.6 is 0 Å². The van der Waals surface area contributed by atoms with Crippen LogP contribution in [-0.2, 0) is 0 Å². The van der Waals surface area contributed by atoms with Crippen molar-refractivity contribution in [1.82, 2.24) is 4.90 Å². The molecule has 0 aromatic rings. The number of rotatable bonds is 2. The van der Waals surface area contributed by atoms with Crippen molar-refractivity contribution in [1.29, 1.82) is 0 Å². The molecular weight excluding hydrogens is 172 g/mol. The number of nitrogens with zero attached hydrogens (tertiary/aromatic N) is 1. The molecule has 1 aliphatic heterocycles. The summed E-state index contributed by atoms with van der Waals surface area (Å²) in [5, 5.41) is 0. The van der Waals surface area contributed by atoms with E-state index in [1.165, 1.54) is 45.1 Å². The van der Waals surface area contributed by atoms with E-state index >= 15 is 0 Å². The van der Waals surface area contributed by atoms with Crippen LogP contribution in [0.25, 0.3) is 0 Å². The van der Waals surface area contributed by atoms with E-state index < -0.39 is 0 Å². The predicted molar refractivity (Wildman–Crippen MR) is 60.2 cm³/mol. The largest absolute Gasteiger partial charge is 0.330 e. The summed E-state index contributed by atoms with van der Waals surface area (Å²) >= 11 is 0. The minimum Gasteiger partial charge on any atom is -0.330 e. The summed E-state index contributed by atoms with van der Waals surface area (Å²) in [5.41, 5.74) is 5.88. The zero-order valence-electron chi connectivity index (χ0n) is 9.41. The van der Waals surface area contributed by atoms with E-state index in [2.05, 4.69) is 11.8 Å². The van der Waals surface area contributed by atoms with Gasteiger partial charge in [-0.15, -0.1) is 0 Å². The molecule has 0 aromatic heterocycles. The van der Waals surface area contributed by atoms with Gasteiger partial charge in [-0.2, -0.15) is 0 Å². The molecule has 2 N–H and O–H groups in total. The maximum Gasteiger partial charge on any atom is 0.0138 e. The van der Waals surface area contributed by atoms with Crippen molar-refractivity contribution in [2.45, 2.75) is 57.5 Å². The van der Waals surface area contributed by atoms with Crippen LogP contribution in [0.1, 0.15) is 45.4 Å². The minimum atomic E-state index is 0.782. The normalized spacial score (nSPS) is 40.3. The van der Waals surface area contributed by atoms with Crippen molar-refractivity contribution < 1.29 is 0 Å². The van der Waals surface area contributed by atoms with E-state index in [1.807, 2.05) is 0 Å². The molecule has 2 rings (SSSR count). The first-order valence-electron chi connectivity index (χ1n) is 6.28. The predicted octanol–water partition coefficient (Wildman–Crippen LogP) is 1.99. The van der Waals surface area contributed by atoms with Crippen LogP contribution in [0.3, 0.4) is 0 Å². The molecule has 0 aromatic carbocycles. The van der Waals surface area contributed by atoms with Gasteiger partial charge in [-0.1, -0.05) is 12.8 Å². The van der Waals surface area contributed by atoms with Gasteiger partial charge in [0, 0.05) is 12.1 Å². The summed E-state index contributed by atoms with van der Waals surface area (Å²) < 4.78 is 0. The van der Waals surface area contributed by atoms with Crippen LogP contribution in [0.4, 0.5) is 0 Å². The SMILES string of the molecule is CC1CCCN1C1CCCCC1CN. The molecule has 0 spiro atoms. The van der Waals surface area contributed by atoms with Gasteiger partial charge in [0.25, 0.3) is 0 Å². The molecule has 1 heterocycles. The van der Waals surface area contributed by atoms with Crippen LogP contribution < -0.4 is 5.73 Å². The van der Waals surface area contributed by atoms with Crippen LogP contribution in [-0.4, -0.2) is 30.1 Å². The zero-order valence-corrected chi connectivity index (χ0v) is 9.41. The van der Waals surface area contributed by atoms with Crippen molar-refractivity contribution in [2.75, 3.05) is 13.1 Å². The lowest BCUT2D eigenvalue weighted by molar-refractivity contribution is 0.102. The molecule has 2 fully saturated rings. The molecule has 2 aliphatic rings. The Labute approximate surface area is 87.8 Å². The Balaban J connectivity index is 1.99. The van der Waals surface area contributed by atoms with E-state index in [9.17, 15) is 0 Å². The second-order valence-corrected chi connectivity index (χ2v) is 5.08. The molecule has 2 heteroatoms. The monoisotopic (exact) mass is 196 g/mol. The highest BCUT2D eigenvalue weighted by molar-refractivity contribution is 4.89. The minimum absolute atomic E-state index is 0.782. The number of hydrogen-bond donors (Lipinski definition) is 1. The van der Waals surface area contributed by atoms with Gasteiger partial charge < -0.3 is 5.73 Å². The van der Waals surface area contributed by atoms with Crippen molar-refractivity contribution >= 4 is 0 Å². The average molecular weight is 196 g/mol. The highest BCUT2D eigenvalue weighted by Gasteiger charge is 2.33. The lowest BCUT2D eigenvalue weighted by Gasteiger charge is -2.39. The third kappa shape index (κ3) is 1.96. The fourth-order valence-corrected chi connectivity index (χ4v) is 3.35. The van der Waals surface area contributed by atoms with Gasteiger partial charge in [0.2, 0.25) is 0 Å². The second kappa shape index (κ2) is 4.63. The standard InChI is InChI=1S/C12H24N2/c1-10-5-4-8-14(10)12-7-3-2-6-11(12)9-13/h10-12H,2-9,13H2,1H3. The number of nitrogens with two attached hydrogens (primary N) is 1. The molecule has 14 heavy (non-hydrogen) atoms. The first-order valence-corrected chi connectivity index (χ1v) is 6.28. The maximum atomic E-state index is 5.88. The fourth-order valence-electron chi connectivity index (χ4n) is 3.35. The summed E-state index contributed by atoms with van der Waals surface area (Å²) in [6, 6.07) is 1.62. The Morgan fingerprint density at radius 1 is 1.14 bits per heavy atom. The highest BCUT2D eigenvalue weighted by atomic mass is 15.2. The lowest BCUT2D eigenvalue weighted by Crippen LogP contribution is -2.46. The smallest absolute Gasteiger partial charge is 0.0138 e. The molecule has 1 saturated carbocycles. The Morgan fingerprint density at radius 3 is 2.57 bits per heavy atom. The average Bonchev–Trinajstić information content (AvgIpc) is 2.64. The molecule has 3 unspecified atom stereocenters. The summed E-state index contributed by atoms with van der Waals surface area (Å²) in [4.78, 5) is 2.73. The summed E-state index contributed by atoms with van der Waals surface area (Å²) in [6.45, 7) is 4.60. The molecule has 0 bridgehead atoms. The van der Waals surface area contributed by atoms with Crippen molar-refractivity contribution in [3.63, 3.8) is 0 Å². The van der Waals surface area contributed by atoms with E-state index in [0.717, 1.165) is 24.5 Å². The molecule has 0 radical (unpaired) electrons. The Morgan fingerprint density at radius 2 is 1.93 bits per heavy atom. The van der Waals surface area contributed by atoms with Crippen molar-refractivity contribution in [2.24, 2.45) is 11.7 Å². The molecule has 2 nitrogen and oxygen atoms in total. The van der Waals surface area contributed by atoms with Gasteiger partial charge >= 0.3 is 0 Å². The lowest BCUT2D eigenvalue weighted by atomic mass is 9.83. The number of hydrogen-bond acceptors (Lipinski definition) is 2. The Kier molecular flexibility index (Phi) is 3.45. The first kappa shape index (κ1) is 10.4. The van der Waals surface area contributed by atoms with E-state index in [4.69, 9.17) is 5.73 Å². The molecule has 0 amide bonds. The van der Waals surface area contributed by atoms with Gasteiger partial charge in [-0.25, -0.2) is 0 Å². The maximum absolute atomic E-state index is 5.88. The topological polar surface area (TPSA) is 29.3 Å². The van der Waals surface area contributed by atoms with Crippen LogP contribution in [0.5, 0.6) is 0 Å². The van der Waals surface area contributed by atoms with E-state index in [-0.39, 0.29) is 0 Å². The van der Waals surface area contributed by atoms with Crippen molar-refractivity contribution in [3.05, 3.63) is 0 Å². The van der Waals surface area contributed by atoms with Gasteiger partial charge in [-0.3, -0.25) is 4.90 Å². The van der Waals surface area contributed by atoms with E-state index in [1.54, 1.807) is 0 Å². The van der Waals surface area contributed by atoms with Crippen LogP contribution in [0.2, 0.25) is 0 Å². The van der Waals surface area contributed by atoms with Crippen LogP contribution in [0, 0.1) is 5.92 Å². The van der Waals surface area contributed by atoms with Gasteiger partial charge in [0.05, 0.1) is 0 Å². The molecule has 82 valence electrons. The molecule has 3 atom stereocenters. The molecule has 1 saturated heterocycles. The van der Waals surface area contributed by atoms with Gasteiger partial charge in [0.15, 0.2) is 0 Å². The van der Waals surface area contributed by atoms with Crippen LogP contribution in [0.15, 0.2) is 0 Å². The van der Waals surface area contributed by atoms with Crippen molar-refractivity contribution in [3.8, 4) is 0 Å². The quantitative estimate of drug-likeness (QED) is 0.732.